The van der Waals surface area contributed by atoms with Gasteiger partial charge in [-0.15, -0.1) is 0 Å². The van der Waals surface area contributed by atoms with Crippen LogP contribution in [0.15, 0.2) is 66.7 Å². The van der Waals surface area contributed by atoms with E-state index in [9.17, 15) is 19.2 Å². The first-order chi connectivity index (χ1) is 15.8. The van der Waals surface area contributed by atoms with E-state index in [1.807, 2.05) is 18.2 Å². The van der Waals surface area contributed by atoms with Crippen LogP contribution in [-0.4, -0.2) is 35.7 Å². The molecule has 0 aromatic heterocycles. The largest absolute Gasteiger partial charge is 0.427 e. The molecule has 0 unspecified atom stereocenters. The van der Waals surface area contributed by atoms with Gasteiger partial charge in [-0.25, -0.2) is 4.79 Å². The van der Waals surface area contributed by atoms with Crippen LogP contribution < -0.4 is 9.47 Å². The Bertz CT molecular complexity index is 1500. The molecule has 0 N–H and O–H groups in total. The van der Waals surface area contributed by atoms with Crippen molar-refractivity contribution in [3.63, 3.8) is 0 Å². The average Bonchev–Trinajstić information content (AvgIpc) is 3.00. The van der Waals surface area contributed by atoms with Gasteiger partial charge in [-0.2, -0.15) is 0 Å². The number of rotatable bonds is 3. The number of benzene rings is 4. The van der Waals surface area contributed by atoms with Crippen LogP contribution in [0.1, 0.15) is 38.0 Å². The summed E-state index contributed by atoms with van der Waals surface area (Å²) in [5, 5.41) is 3.31. The van der Waals surface area contributed by atoms with Gasteiger partial charge in [0, 0.05) is 14.0 Å². The molecule has 33 heavy (non-hydrogen) atoms. The molecule has 0 fully saturated rings. The molecule has 4 aromatic rings. The van der Waals surface area contributed by atoms with E-state index >= 15 is 0 Å². The highest BCUT2D eigenvalue weighted by Crippen LogP contribution is 2.30. The van der Waals surface area contributed by atoms with E-state index in [0.717, 1.165) is 26.4 Å². The molecule has 162 valence electrons. The van der Waals surface area contributed by atoms with Crippen molar-refractivity contribution >= 4 is 45.3 Å². The summed E-state index contributed by atoms with van der Waals surface area (Å²) in [6.07, 6.45) is 0. The minimum atomic E-state index is -0.534. The van der Waals surface area contributed by atoms with Gasteiger partial charge in [-0.05, 0) is 82.2 Å². The van der Waals surface area contributed by atoms with Crippen molar-refractivity contribution in [2.45, 2.75) is 6.92 Å². The van der Waals surface area contributed by atoms with Crippen LogP contribution in [0, 0.1) is 0 Å². The molecule has 7 nitrogen and oxygen atoms in total. The molecule has 0 atom stereocenters. The van der Waals surface area contributed by atoms with E-state index in [1.165, 1.54) is 14.0 Å². The Morgan fingerprint density at radius 1 is 0.667 bits per heavy atom. The summed E-state index contributed by atoms with van der Waals surface area (Å²) in [5.74, 6) is -0.926. The van der Waals surface area contributed by atoms with Crippen molar-refractivity contribution in [3.05, 3.63) is 83.4 Å². The lowest BCUT2D eigenvalue weighted by Gasteiger charge is -2.08. The first-order valence-electron chi connectivity index (χ1n) is 10.1. The second-order valence-electron chi connectivity index (χ2n) is 7.78. The summed E-state index contributed by atoms with van der Waals surface area (Å²) in [5.41, 5.74) is 1.13. The Hall–Kier alpha value is -4.52. The number of carbonyl (C=O) groups excluding carboxylic acids is 4. The Balaban J connectivity index is 1.45. The van der Waals surface area contributed by atoms with Crippen molar-refractivity contribution in [2.24, 2.45) is 0 Å². The number of nitrogens with zero attached hydrogens (tertiary/aromatic N) is 1. The van der Waals surface area contributed by atoms with Gasteiger partial charge in [0.05, 0.1) is 16.7 Å². The lowest BCUT2D eigenvalue weighted by molar-refractivity contribution is -0.131. The van der Waals surface area contributed by atoms with Crippen LogP contribution in [-0.2, 0) is 4.79 Å². The van der Waals surface area contributed by atoms with Crippen molar-refractivity contribution < 1.29 is 28.7 Å². The maximum atomic E-state index is 12.7. The second kappa shape index (κ2) is 7.56. The minimum Gasteiger partial charge on any atom is -0.427 e. The minimum absolute atomic E-state index is 0.309. The molecule has 0 saturated carbocycles. The summed E-state index contributed by atoms with van der Waals surface area (Å²) >= 11 is 0. The summed E-state index contributed by atoms with van der Waals surface area (Å²) in [4.78, 5) is 49.4. The number of fused-ring (bicyclic) bond motifs is 3. The molecule has 1 aliphatic heterocycles. The fraction of sp³-hybridized carbons (Fsp3) is 0.0769. The molecule has 7 heteroatoms. The van der Waals surface area contributed by atoms with Crippen molar-refractivity contribution in [2.75, 3.05) is 7.05 Å². The van der Waals surface area contributed by atoms with Crippen molar-refractivity contribution in [3.8, 4) is 11.5 Å². The van der Waals surface area contributed by atoms with E-state index in [-0.39, 0.29) is 11.8 Å². The van der Waals surface area contributed by atoms with Crippen LogP contribution >= 0.6 is 0 Å². The van der Waals surface area contributed by atoms with Gasteiger partial charge in [0.25, 0.3) is 11.8 Å². The van der Waals surface area contributed by atoms with Crippen LogP contribution in [0.25, 0.3) is 21.5 Å². The highest BCUT2D eigenvalue weighted by molar-refractivity contribution is 6.23. The first-order valence-corrected chi connectivity index (χ1v) is 10.1. The van der Waals surface area contributed by atoms with Crippen LogP contribution in [0.2, 0.25) is 0 Å². The Morgan fingerprint density at radius 2 is 1.18 bits per heavy atom. The summed E-state index contributed by atoms with van der Waals surface area (Å²) in [6.45, 7) is 1.31. The molecule has 1 heterocycles. The van der Waals surface area contributed by atoms with E-state index in [2.05, 4.69) is 0 Å². The van der Waals surface area contributed by atoms with E-state index in [0.29, 0.717) is 28.2 Å². The van der Waals surface area contributed by atoms with E-state index in [4.69, 9.17) is 9.47 Å². The summed E-state index contributed by atoms with van der Waals surface area (Å²) < 4.78 is 10.4. The monoisotopic (exact) mass is 439 g/mol. The number of hydrogen-bond acceptors (Lipinski definition) is 6. The number of ether oxygens (including phenoxy) is 2. The smallest absolute Gasteiger partial charge is 0.343 e. The number of hydrogen-bond donors (Lipinski definition) is 0. The molecule has 2 amide bonds. The van der Waals surface area contributed by atoms with Crippen molar-refractivity contribution in [1.82, 2.24) is 4.90 Å². The molecule has 0 spiro atoms. The molecule has 1 aliphatic rings. The zero-order valence-electron chi connectivity index (χ0n) is 17.7. The Kier molecular flexibility index (Phi) is 4.67. The van der Waals surface area contributed by atoms with Gasteiger partial charge >= 0.3 is 11.9 Å². The topological polar surface area (TPSA) is 90.0 Å². The molecule has 5 rings (SSSR count). The predicted molar refractivity (Wildman–Crippen MR) is 121 cm³/mol. The molecular weight excluding hydrogens is 422 g/mol. The number of amides is 2. The SMILES string of the molecule is CC(=O)Oc1ccc(OC(=O)c2ccc3cc4cc5c(cc4cc3c2)C(=O)N(C)C5=O)cc1. The molecule has 4 aromatic carbocycles. The summed E-state index contributed by atoms with van der Waals surface area (Å²) in [7, 11) is 1.47. The highest BCUT2D eigenvalue weighted by Gasteiger charge is 2.32. The van der Waals surface area contributed by atoms with Crippen LogP contribution in [0.3, 0.4) is 0 Å². The number of carbonyl (C=O) groups is 4. The fourth-order valence-electron chi connectivity index (χ4n) is 3.89. The molecule has 0 radical (unpaired) electrons. The van der Waals surface area contributed by atoms with E-state index in [1.54, 1.807) is 48.5 Å². The van der Waals surface area contributed by atoms with E-state index < -0.39 is 11.9 Å². The third-order valence-corrected chi connectivity index (χ3v) is 5.53. The quantitative estimate of drug-likeness (QED) is 0.204. The maximum absolute atomic E-state index is 12.7. The molecule has 0 saturated heterocycles. The lowest BCUT2D eigenvalue weighted by Crippen LogP contribution is -2.24. The third kappa shape index (κ3) is 3.59. The fourth-order valence-corrected chi connectivity index (χ4v) is 3.89. The maximum Gasteiger partial charge on any atom is 0.343 e. The zero-order chi connectivity index (χ0) is 23.3. The summed E-state index contributed by atoms with van der Waals surface area (Å²) in [6, 6.07) is 18.6. The predicted octanol–water partition coefficient (Wildman–Crippen LogP) is 4.36. The number of imide groups is 1. The van der Waals surface area contributed by atoms with Crippen LogP contribution in [0.4, 0.5) is 0 Å². The molecular formula is C26H17NO6. The second-order valence-corrected chi connectivity index (χ2v) is 7.78. The van der Waals surface area contributed by atoms with Gasteiger partial charge in [-0.1, -0.05) is 6.07 Å². The van der Waals surface area contributed by atoms with Gasteiger partial charge in [0.2, 0.25) is 0 Å². The van der Waals surface area contributed by atoms with Gasteiger partial charge in [-0.3, -0.25) is 19.3 Å². The van der Waals surface area contributed by atoms with Gasteiger partial charge in [0.15, 0.2) is 0 Å². The Morgan fingerprint density at radius 3 is 1.76 bits per heavy atom. The van der Waals surface area contributed by atoms with Gasteiger partial charge in [0.1, 0.15) is 11.5 Å². The molecule has 0 aliphatic carbocycles. The number of esters is 2. The van der Waals surface area contributed by atoms with Crippen molar-refractivity contribution in [1.29, 1.82) is 0 Å². The lowest BCUT2D eigenvalue weighted by atomic mass is 9.98. The highest BCUT2D eigenvalue weighted by atomic mass is 16.5. The van der Waals surface area contributed by atoms with Gasteiger partial charge < -0.3 is 9.47 Å². The zero-order valence-corrected chi connectivity index (χ0v) is 17.7. The first kappa shape index (κ1) is 20.4. The molecule has 0 bridgehead atoms. The normalized spacial score (nSPS) is 12.8. The third-order valence-electron chi connectivity index (χ3n) is 5.53. The average molecular weight is 439 g/mol. The van der Waals surface area contributed by atoms with Crippen LogP contribution in [0.5, 0.6) is 11.5 Å². The Labute approximate surface area is 188 Å². The standard InChI is InChI=1S/C26H17NO6/c1-14(28)32-20-5-7-21(8-6-20)33-26(31)16-4-3-15-9-18-12-22-23(25(30)27(2)24(22)29)13-19(18)11-17(15)10-16/h3-13H,1-2H3.